The molecule has 588 valence electrons. The number of hydrogen-bond acceptors (Lipinski definition) is 25. The Labute approximate surface area is 622 Å². The molecule has 20 atom stereocenters. The highest BCUT2D eigenvalue weighted by molar-refractivity contribution is 5.91. The lowest BCUT2D eigenvalue weighted by molar-refractivity contribution is -0.393. The molecule has 4 saturated heterocycles. The summed E-state index contributed by atoms with van der Waals surface area (Å²) < 4.78 is 121. The van der Waals surface area contributed by atoms with Crippen molar-refractivity contribution in [1.29, 1.82) is 0 Å². The van der Waals surface area contributed by atoms with Crippen LogP contribution < -0.4 is 0 Å². The number of carboxylic acid groups (broad SMARTS) is 1. The van der Waals surface area contributed by atoms with Crippen LogP contribution in [-0.2, 0) is 90.1 Å². The molecule has 4 aliphatic rings. The molecule has 0 spiro atoms. The van der Waals surface area contributed by atoms with Crippen LogP contribution in [0.5, 0.6) is 0 Å². The molecule has 8 rings (SSSR count). The first kappa shape index (κ1) is 85.2. The second-order valence-electron chi connectivity index (χ2n) is 26.7. The van der Waals surface area contributed by atoms with Gasteiger partial charge in [-0.1, -0.05) is 166 Å². The average Bonchev–Trinajstić information content (AvgIpc) is 0.766. The fourth-order valence-corrected chi connectivity index (χ4v) is 12.5. The van der Waals surface area contributed by atoms with Crippen molar-refractivity contribution in [2.45, 2.75) is 261 Å². The van der Waals surface area contributed by atoms with Gasteiger partial charge >= 0.3 is 29.8 Å². The maximum Gasteiger partial charge on any atom is 0.338 e. The number of benzene rings is 4. The summed E-state index contributed by atoms with van der Waals surface area (Å²) in [7, 11) is 0. The molecule has 4 fully saturated rings. The van der Waals surface area contributed by atoms with Crippen molar-refractivity contribution in [2.24, 2.45) is 0 Å². The van der Waals surface area contributed by atoms with E-state index in [4.69, 9.17) is 85.3 Å². The Morgan fingerprint density at radius 2 is 0.604 bits per heavy atom. The number of carbonyl (C=O) groups excluding carboxylic acids is 4. The number of aliphatic carboxylic acids is 1. The van der Waals surface area contributed by atoms with Crippen molar-refractivity contribution in [3.63, 3.8) is 0 Å². The molecule has 4 aliphatic heterocycles. The van der Waals surface area contributed by atoms with Crippen molar-refractivity contribution < 1.29 is 125 Å². The molecule has 0 saturated carbocycles. The summed E-state index contributed by atoms with van der Waals surface area (Å²) in [6, 6.07) is 31.2. The first-order chi connectivity index (χ1) is 51.7. The Morgan fingerprint density at radius 3 is 0.972 bits per heavy atom. The first-order valence-corrected chi connectivity index (χ1v) is 38.1. The van der Waals surface area contributed by atoms with Crippen molar-refractivity contribution in [3.05, 3.63) is 144 Å². The van der Waals surface area contributed by atoms with Crippen LogP contribution in [0.15, 0.2) is 121 Å². The Balaban J connectivity index is 1.31. The fourth-order valence-electron chi connectivity index (χ4n) is 12.5. The summed E-state index contributed by atoms with van der Waals surface area (Å²) in [6.07, 6.45) is -21.4. The summed E-state index contributed by atoms with van der Waals surface area (Å²) in [5, 5.41) is 34.8. The quantitative estimate of drug-likeness (QED) is 0.0210. The number of aliphatic hydroxyl groups is 2. The van der Waals surface area contributed by atoms with Crippen LogP contribution in [-0.4, -0.2) is 234 Å². The number of unbranched alkanes of at least 4 members (excludes halogenated alkanes) is 7. The van der Waals surface area contributed by atoms with E-state index in [0.717, 1.165) is 38.5 Å². The molecular weight excluding hydrogens is 1380 g/mol. The summed E-state index contributed by atoms with van der Waals surface area (Å²) in [5.41, 5.74) is 0.0437. The Kier molecular flexibility index (Phi) is 37.1. The normalized spacial score (nSPS) is 28.8. The minimum absolute atomic E-state index is 0.000247. The Bertz CT molecular complexity index is 3140. The molecule has 4 aromatic rings. The van der Waals surface area contributed by atoms with Crippen molar-refractivity contribution >= 4 is 29.8 Å². The molecule has 3 N–H and O–H groups in total. The molecule has 0 radical (unpaired) electrons. The van der Waals surface area contributed by atoms with E-state index in [1.807, 2.05) is 41.5 Å². The fraction of sp³-hybridized carbons (Fsp3) is 0.637. The molecular formula is C80H112O26. The Morgan fingerprint density at radius 1 is 0.321 bits per heavy atom. The van der Waals surface area contributed by atoms with E-state index >= 15 is 9.59 Å². The maximum atomic E-state index is 15.2. The van der Waals surface area contributed by atoms with E-state index in [9.17, 15) is 29.7 Å². The molecule has 0 bridgehead atoms. The third kappa shape index (κ3) is 24.8. The van der Waals surface area contributed by atoms with E-state index in [-0.39, 0.29) is 61.9 Å². The maximum absolute atomic E-state index is 15.2. The lowest BCUT2D eigenvalue weighted by Crippen LogP contribution is -2.69. The van der Waals surface area contributed by atoms with Gasteiger partial charge in [0, 0.05) is 46.2 Å². The number of esters is 4. The third-order valence-electron chi connectivity index (χ3n) is 18.4. The zero-order valence-electron chi connectivity index (χ0n) is 62.3. The largest absolute Gasteiger partial charge is 0.479 e. The molecule has 4 aromatic carbocycles. The standard InChI is InChI=1S/C80H112O26/c1-8-15-42-89-49-56-60(65(92-45-18-11-4)68(77(88)96-56)94-47-20-13-6)103-78-69(95-48-21-14-7)66(93-46-19-12-5)61(57(97-78)50-90-43-16-9-2)104-79-71(102-76(87)55-40-32-25-33-41-55)67(100-74(85)53-36-28-23-29-37-53)62(58(98-79)51-91-44-17-10-3)105-80-70(101-75(86)54-38-30-24-31-39-54)63(59(81)64(106-80)72(82)83)99-73(84)52-34-26-22-27-35-52/h22-41,56-71,77-81,88H,8-21,42-51H2,1-7H3,(H,82,83)/t56?,57?,58?,59-,60-,61+,62+,63?,64?,65-,66-,67?,68?,69?,70-,71-,77-,78+,79-,80+/m0/s1. The zero-order chi connectivity index (χ0) is 75.6. The molecule has 0 aromatic heterocycles. The van der Waals surface area contributed by atoms with E-state index < -0.39 is 159 Å². The monoisotopic (exact) mass is 1490 g/mol. The Hall–Kier alpha value is -6.41. The van der Waals surface area contributed by atoms with Crippen LogP contribution in [0.2, 0.25) is 0 Å². The number of rotatable bonds is 46. The lowest BCUT2D eigenvalue weighted by atomic mass is 9.94. The van der Waals surface area contributed by atoms with Gasteiger partial charge in [0.25, 0.3) is 0 Å². The van der Waals surface area contributed by atoms with E-state index in [1.54, 1.807) is 72.8 Å². The smallest absolute Gasteiger partial charge is 0.338 e. The highest BCUT2D eigenvalue weighted by Gasteiger charge is 2.61. The van der Waals surface area contributed by atoms with Gasteiger partial charge in [0.05, 0.1) is 42.1 Å². The summed E-state index contributed by atoms with van der Waals surface area (Å²) in [4.78, 5) is 72.4. The molecule has 106 heavy (non-hydrogen) atoms. The highest BCUT2D eigenvalue weighted by Crippen LogP contribution is 2.41. The molecule has 4 heterocycles. The number of ether oxygens (including phenoxy) is 18. The van der Waals surface area contributed by atoms with Crippen molar-refractivity contribution in [3.8, 4) is 0 Å². The summed E-state index contributed by atoms with van der Waals surface area (Å²) in [6.45, 7) is 15.3. The molecule has 8 unspecified atom stereocenters. The van der Waals surface area contributed by atoms with Gasteiger partial charge in [0.15, 0.2) is 55.7 Å². The lowest BCUT2D eigenvalue weighted by Gasteiger charge is -2.51. The second kappa shape index (κ2) is 46.2. The zero-order valence-corrected chi connectivity index (χ0v) is 62.3. The predicted molar refractivity (Wildman–Crippen MR) is 383 cm³/mol. The van der Waals surface area contributed by atoms with Gasteiger partial charge < -0.3 is 101 Å². The summed E-state index contributed by atoms with van der Waals surface area (Å²) in [5.74, 6) is -5.76. The minimum atomic E-state index is -2.25. The average molecular weight is 1490 g/mol. The van der Waals surface area contributed by atoms with Gasteiger partial charge in [-0.2, -0.15) is 0 Å². The van der Waals surface area contributed by atoms with Gasteiger partial charge in [0.1, 0.15) is 67.1 Å². The van der Waals surface area contributed by atoms with Crippen LogP contribution >= 0.6 is 0 Å². The van der Waals surface area contributed by atoms with Crippen LogP contribution in [0.1, 0.15) is 180 Å². The van der Waals surface area contributed by atoms with Gasteiger partial charge in [-0.3, -0.25) is 0 Å². The van der Waals surface area contributed by atoms with Gasteiger partial charge in [-0.05, 0) is 93.5 Å². The molecule has 0 aliphatic carbocycles. The molecule has 0 amide bonds. The summed E-state index contributed by atoms with van der Waals surface area (Å²) >= 11 is 0. The van der Waals surface area contributed by atoms with Crippen LogP contribution in [0.4, 0.5) is 0 Å². The molecule has 26 nitrogen and oxygen atoms in total. The number of hydrogen-bond donors (Lipinski definition) is 3. The highest BCUT2D eigenvalue weighted by atomic mass is 16.8. The first-order valence-electron chi connectivity index (χ1n) is 38.1. The van der Waals surface area contributed by atoms with Gasteiger partial charge in [-0.15, -0.1) is 0 Å². The van der Waals surface area contributed by atoms with E-state index in [2.05, 4.69) is 6.92 Å². The van der Waals surface area contributed by atoms with Crippen LogP contribution in [0.25, 0.3) is 0 Å². The predicted octanol–water partition coefficient (Wildman–Crippen LogP) is 10.6. The minimum Gasteiger partial charge on any atom is -0.479 e. The second-order valence-corrected chi connectivity index (χ2v) is 26.7. The van der Waals surface area contributed by atoms with Crippen LogP contribution in [0.3, 0.4) is 0 Å². The third-order valence-corrected chi connectivity index (χ3v) is 18.4. The topological polar surface area (TPSA) is 312 Å². The van der Waals surface area contributed by atoms with Crippen molar-refractivity contribution in [1.82, 2.24) is 0 Å². The number of carbonyl (C=O) groups is 5. The van der Waals surface area contributed by atoms with E-state index in [1.165, 1.54) is 48.5 Å². The SMILES string of the molecule is CCCCOCC1O[C@@H](O[C@@H]2C(COCCCC)O[C@H](O[C@H]3C(COCCCC)O[C@H](O)C(OCCCC)[C@H]3OCCCC)C(OCCCC)[C@H]2OCCCC)[C@@H](OC(=O)c2ccccc2)C(OC(=O)c2ccccc2)[C@@H]1O[C@@H]1OC(C(=O)O)[C@@H](O)C(OC(=O)c2ccccc2)[C@@H]1OC(=O)c1ccccc1. The van der Waals surface area contributed by atoms with Gasteiger partial charge in [-0.25, -0.2) is 24.0 Å². The molecule has 26 heteroatoms. The van der Waals surface area contributed by atoms with Crippen LogP contribution in [0, 0.1) is 0 Å². The van der Waals surface area contributed by atoms with Gasteiger partial charge in [0.2, 0.25) is 0 Å². The number of carboxylic acids is 1. The van der Waals surface area contributed by atoms with Crippen molar-refractivity contribution in [2.75, 3.05) is 66.1 Å². The van der Waals surface area contributed by atoms with E-state index in [0.29, 0.717) is 71.2 Å². The number of aliphatic hydroxyl groups excluding tert-OH is 2.